The van der Waals surface area contributed by atoms with Crippen LogP contribution in [0.15, 0.2) is 18.2 Å². The summed E-state index contributed by atoms with van der Waals surface area (Å²) in [6.45, 7) is 12.6. The highest BCUT2D eigenvalue weighted by Gasteiger charge is 2.36. The fourth-order valence-electron chi connectivity index (χ4n) is 2.02. The maximum absolute atomic E-state index is 12.6. The van der Waals surface area contributed by atoms with Crippen molar-refractivity contribution in [2.24, 2.45) is 0 Å². The van der Waals surface area contributed by atoms with Crippen molar-refractivity contribution in [3.05, 3.63) is 32.9 Å². The van der Waals surface area contributed by atoms with Crippen LogP contribution < -0.4 is 0 Å². The Morgan fingerprint density at radius 3 is 1.70 bits per heavy atom. The van der Waals surface area contributed by atoms with Gasteiger partial charge in [-0.05, 0) is 94.3 Å². The Bertz CT molecular complexity index is 546. The lowest BCUT2D eigenvalue weighted by Crippen LogP contribution is -2.35. The lowest BCUT2D eigenvalue weighted by Gasteiger charge is -2.26. The summed E-state index contributed by atoms with van der Waals surface area (Å²) in [5, 5.41) is 0. The number of benzene rings is 1. The first-order chi connectivity index (χ1) is 10.3. The third-order valence-electron chi connectivity index (χ3n) is 2.68. The molecule has 4 nitrogen and oxygen atoms in total. The smallest absolute Gasteiger partial charge is 0.325 e. The van der Waals surface area contributed by atoms with Crippen LogP contribution >= 0.6 is 22.6 Å². The topological polar surface area (TPSA) is 52.6 Å². The van der Waals surface area contributed by atoms with Crippen molar-refractivity contribution >= 4 is 34.5 Å². The Kier molecular flexibility index (Phi) is 6.24. The van der Waals surface area contributed by atoms with Crippen molar-refractivity contribution in [2.75, 3.05) is 0 Å². The van der Waals surface area contributed by atoms with Gasteiger partial charge in [0.15, 0.2) is 5.92 Å². The molecule has 128 valence electrons. The van der Waals surface area contributed by atoms with E-state index in [2.05, 4.69) is 22.6 Å². The Balaban J connectivity index is 3.25. The molecule has 0 aliphatic heterocycles. The van der Waals surface area contributed by atoms with Crippen LogP contribution in [0.25, 0.3) is 0 Å². The molecule has 0 bridgehead atoms. The van der Waals surface area contributed by atoms with E-state index in [4.69, 9.17) is 9.47 Å². The second-order valence-electron chi connectivity index (χ2n) is 7.56. The first-order valence-electron chi connectivity index (χ1n) is 7.51. The van der Waals surface area contributed by atoms with Gasteiger partial charge in [0.05, 0.1) is 0 Å². The van der Waals surface area contributed by atoms with E-state index in [9.17, 15) is 9.59 Å². The summed E-state index contributed by atoms with van der Waals surface area (Å²) >= 11 is 2.16. The molecule has 0 aromatic heterocycles. The second-order valence-corrected chi connectivity index (χ2v) is 8.81. The van der Waals surface area contributed by atoms with E-state index in [-0.39, 0.29) is 0 Å². The highest BCUT2D eigenvalue weighted by molar-refractivity contribution is 14.1. The maximum Gasteiger partial charge on any atom is 0.325 e. The number of carbonyl (C=O) groups excluding carboxylic acids is 2. The van der Waals surface area contributed by atoms with Crippen molar-refractivity contribution < 1.29 is 19.1 Å². The van der Waals surface area contributed by atoms with Gasteiger partial charge in [0.2, 0.25) is 0 Å². The summed E-state index contributed by atoms with van der Waals surface area (Å²) in [4.78, 5) is 25.2. The summed E-state index contributed by atoms with van der Waals surface area (Å²) in [6.07, 6.45) is 0. The summed E-state index contributed by atoms with van der Waals surface area (Å²) in [6, 6.07) is 5.61. The number of carbonyl (C=O) groups is 2. The Morgan fingerprint density at radius 1 is 0.913 bits per heavy atom. The Labute approximate surface area is 152 Å². The van der Waals surface area contributed by atoms with Crippen molar-refractivity contribution in [2.45, 2.75) is 65.6 Å². The summed E-state index contributed by atoms with van der Waals surface area (Å²) < 4.78 is 11.8. The molecular weight excluding hydrogens is 407 g/mol. The van der Waals surface area contributed by atoms with Gasteiger partial charge in [-0.3, -0.25) is 9.59 Å². The van der Waals surface area contributed by atoms with Gasteiger partial charge in [0.1, 0.15) is 11.2 Å². The third kappa shape index (κ3) is 6.89. The van der Waals surface area contributed by atoms with E-state index in [1.807, 2.05) is 25.1 Å². The molecule has 0 N–H and O–H groups in total. The van der Waals surface area contributed by atoms with Gasteiger partial charge in [0.25, 0.3) is 0 Å². The quantitative estimate of drug-likeness (QED) is 0.405. The largest absolute Gasteiger partial charge is 0.459 e. The fourth-order valence-corrected chi connectivity index (χ4v) is 2.87. The van der Waals surface area contributed by atoms with Gasteiger partial charge < -0.3 is 9.47 Å². The van der Waals surface area contributed by atoms with Crippen LogP contribution in [-0.2, 0) is 19.1 Å². The van der Waals surface area contributed by atoms with E-state index in [0.29, 0.717) is 5.56 Å². The average Bonchev–Trinajstić information content (AvgIpc) is 2.21. The minimum atomic E-state index is -1.08. The van der Waals surface area contributed by atoms with E-state index < -0.39 is 29.1 Å². The van der Waals surface area contributed by atoms with Crippen LogP contribution in [0.5, 0.6) is 0 Å². The third-order valence-corrected chi connectivity index (χ3v) is 3.31. The maximum atomic E-state index is 12.6. The first kappa shape index (κ1) is 19.9. The minimum Gasteiger partial charge on any atom is -0.459 e. The number of esters is 2. The minimum absolute atomic E-state index is 0.590. The molecule has 0 amide bonds. The molecule has 0 saturated heterocycles. The molecule has 1 aromatic carbocycles. The molecule has 0 radical (unpaired) electrons. The molecule has 0 fully saturated rings. The van der Waals surface area contributed by atoms with Crippen molar-refractivity contribution in [3.63, 3.8) is 0 Å². The Hall–Kier alpha value is -1.11. The highest BCUT2D eigenvalue weighted by atomic mass is 127. The molecule has 1 aromatic rings. The zero-order chi connectivity index (χ0) is 18.0. The van der Waals surface area contributed by atoms with E-state index in [1.54, 1.807) is 41.5 Å². The molecule has 0 heterocycles. The van der Waals surface area contributed by atoms with Crippen LogP contribution in [-0.4, -0.2) is 23.1 Å². The van der Waals surface area contributed by atoms with Crippen molar-refractivity contribution in [1.29, 1.82) is 0 Å². The van der Waals surface area contributed by atoms with Gasteiger partial charge in [-0.25, -0.2) is 0 Å². The van der Waals surface area contributed by atoms with Gasteiger partial charge in [-0.1, -0.05) is 6.07 Å². The summed E-state index contributed by atoms with van der Waals surface area (Å²) in [7, 11) is 0. The lowest BCUT2D eigenvalue weighted by atomic mass is 9.97. The number of halogens is 1. The van der Waals surface area contributed by atoms with Crippen LogP contribution in [0.2, 0.25) is 0 Å². The Morgan fingerprint density at radius 2 is 1.35 bits per heavy atom. The van der Waals surface area contributed by atoms with E-state index in [0.717, 1.165) is 9.13 Å². The normalized spacial score (nSPS) is 12.2. The number of ether oxygens (including phenoxy) is 2. The zero-order valence-electron chi connectivity index (χ0n) is 14.8. The van der Waals surface area contributed by atoms with Crippen LogP contribution in [0.1, 0.15) is 58.6 Å². The molecule has 0 aliphatic rings. The van der Waals surface area contributed by atoms with Crippen LogP contribution in [0.4, 0.5) is 0 Å². The molecule has 0 aliphatic carbocycles. The molecule has 5 heteroatoms. The second kappa shape index (κ2) is 7.20. The zero-order valence-corrected chi connectivity index (χ0v) is 17.0. The molecule has 0 unspecified atom stereocenters. The number of hydrogen-bond acceptors (Lipinski definition) is 4. The molecule has 1 rings (SSSR count). The number of hydrogen-bond donors (Lipinski definition) is 0. The summed E-state index contributed by atoms with van der Waals surface area (Å²) in [5.74, 6) is -2.26. The predicted molar refractivity (Wildman–Crippen MR) is 98.3 cm³/mol. The van der Waals surface area contributed by atoms with Gasteiger partial charge in [0, 0.05) is 3.57 Å². The molecule has 0 spiro atoms. The van der Waals surface area contributed by atoms with Gasteiger partial charge in [-0.15, -0.1) is 0 Å². The first-order valence-corrected chi connectivity index (χ1v) is 8.59. The standard InChI is InChI=1S/C18H25IO4/c1-11-8-12(10-13(19)9-11)14(15(20)22-17(2,3)4)16(21)23-18(5,6)7/h8-10,14H,1-7H3. The van der Waals surface area contributed by atoms with Gasteiger partial charge >= 0.3 is 11.9 Å². The summed E-state index contributed by atoms with van der Waals surface area (Å²) in [5.41, 5.74) is 0.227. The van der Waals surface area contributed by atoms with E-state index >= 15 is 0 Å². The number of rotatable bonds is 3. The molecule has 0 saturated carbocycles. The lowest BCUT2D eigenvalue weighted by molar-refractivity contribution is -0.169. The van der Waals surface area contributed by atoms with E-state index in [1.165, 1.54) is 0 Å². The average molecular weight is 432 g/mol. The number of aryl methyl sites for hydroxylation is 1. The fraction of sp³-hybridized carbons (Fsp3) is 0.556. The predicted octanol–water partition coefficient (Wildman–Crippen LogP) is 4.37. The monoisotopic (exact) mass is 432 g/mol. The molecule has 23 heavy (non-hydrogen) atoms. The van der Waals surface area contributed by atoms with Crippen LogP contribution in [0.3, 0.4) is 0 Å². The highest BCUT2D eigenvalue weighted by Crippen LogP contribution is 2.27. The molecular formula is C18H25IO4. The van der Waals surface area contributed by atoms with Gasteiger partial charge in [-0.2, -0.15) is 0 Å². The van der Waals surface area contributed by atoms with Crippen LogP contribution in [0, 0.1) is 10.5 Å². The van der Waals surface area contributed by atoms with Crippen molar-refractivity contribution in [1.82, 2.24) is 0 Å². The molecule has 0 atom stereocenters. The SMILES string of the molecule is Cc1cc(I)cc(C(C(=O)OC(C)(C)C)C(=O)OC(C)(C)C)c1. The van der Waals surface area contributed by atoms with Crippen molar-refractivity contribution in [3.8, 4) is 0 Å².